The second kappa shape index (κ2) is 4.72. The number of hydrogen-bond acceptors (Lipinski definition) is 1. The van der Waals surface area contributed by atoms with Gasteiger partial charge in [-0.05, 0) is 55.7 Å². The Labute approximate surface area is 105 Å². The van der Waals surface area contributed by atoms with Crippen LogP contribution in [0.3, 0.4) is 0 Å². The lowest BCUT2D eigenvalue weighted by molar-refractivity contribution is 0.443. The summed E-state index contributed by atoms with van der Waals surface area (Å²) >= 11 is 0. The third-order valence-electron chi connectivity index (χ3n) is 4.45. The molecule has 1 aromatic carbocycles. The van der Waals surface area contributed by atoms with E-state index in [1.165, 1.54) is 50.6 Å². The first-order valence-electron chi connectivity index (χ1n) is 7.22. The Balaban J connectivity index is 1.82. The van der Waals surface area contributed by atoms with Crippen molar-refractivity contribution in [1.29, 1.82) is 0 Å². The van der Waals surface area contributed by atoms with Gasteiger partial charge in [0.05, 0.1) is 0 Å². The molecule has 0 bridgehead atoms. The first-order chi connectivity index (χ1) is 8.33. The Hall–Kier alpha value is -0.980. The van der Waals surface area contributed by atoms with Crippen molar-refractivity contribution in [3.05, 3.63) is 29.3 Å². The van der Waals surface area contributed by atoms with Crippen LogP contribution in [-0.2, 0) is 6.42 Å². The van der Waals surface area contributed by atoms with E-state index in [4.69, 9.17) is 0 Å². The molecule has 1 atom stereocenters. The van der Waals surface area contributed by atoms with Crippen LogP contribution in [0.2, 0.25) is 0 Å². The standard InChI is InChI=1S/C16H23N/c1-12-7-8-15-11-14(9-10-16(15)17-12)13-5-3-2-4-6-13/h9-13,17H,2-8H2,1H3. The van der Waals surface area contributed by atoms with Crippen LogP contribution in [0.5, 0.6) is 0 Å². The Morgan fingerprint density at radius 3 is 2.71 bits per heavy atom. The quantitative estimate of drug-likeness (QED) is 0.748. The number of benzene rings is 1. The summed E-state index contributed by atoms with van der Waals surface area (Å²) in [6.45, 7) is 2.28. The van der Waals surface area contributed by atoms with Gasteiger partial charge in [0.1, 0.15) is 0 Å². The van der Waals surface area contributed by atoms with Crippen molar-refractivity contribution in [2.75, 3.05) is 5.32 Å². The van der Waals surface area contributed by atoms with E-state index in [1.54, 1.807) is 11.1 Å². The van der Waals surface area contributed by atoms with Gasteiger partial charge in [-0.1, -0.05) is 31.4 Å². The molecule has 1 saturated carbocycles. The van der Waals surface area contributed by atoms with Crippen LogP contribution in [0.25, 0.3) is 0 Å². The van der Waals surface area contributed by atoms with Crippen molar-refractivity contribution in [3.8, 4) is 0 Å². The van der Waals surface area contributed by atoms with Crippen molar-refractivity contribution in [2.45, 2.75) is 63.8 Å². The molecule has 1 aliphatic carbocycles. The molecule has 1 nitrogen and oxygen atoms in total. The van der Waals surface area contributed by atoms with Gasteiger partial charge >= 0.3 is 0 Å². The van der Waals surface area contributed by atoms with E-state index in [1.807, 2.05) is 0 Å². The summed E-state index contributed by atoms with van der Waals surface area (Å²) in [5.74, 6) is 0.841. The predicted octanol–water partition coefficient (Wildman–Crippen LogP) is 4.48. The molecule has 1 heterocycles. The predicted molar refractivity (Wildman–Crippen MR) is 73.7 cm³/mol. The van der Waals surface area contributed by atoms with Gasteiger partial charge < -0.3 is 5.32 Å². The summed E-state index contributed by atoms with van der Waals surface area (Å²) in [6.07, 6.45) is 9.64. The smallest absolute Gasteiger partial charge is 0.0374 e. The largest absolute Gasteiger partial charge is 0.382 e. The fourth-order valence-corrected chi connectivity index (χ4v) is 3.36. The summed E-state index contributed by atoms with van der Waals surface area (Å²) in [4.78, 5) is 0. The number of aryl methyl sites for hydroxylation is 1. The first-order valence-corrected chi connectivity index (χ1v) is 7.22. The minimum Gasteiger partial charge on any atom is -0.382 e. The number of fused-ring (bicyclic) bond motifs is 1. The average molecular weight is 229 g/mol. The first kappa shape index (κ1) is 11.1. The maximum atomic E-state index is 3.59. The number of nitrogens with one attached hydrogen (secondary N) is 1. The Morgan fingerprint density at radius 1 is 1.06 bits per heavy atom. The SMILES string of the molecule is CC1CCc2cc(C3CCCCC3)ccc2N1. The Kier molecular flexibility index (Phi) is 3.09. The van der Waals surface area contributed by atoms with Gasteiger partial charge in [-0.2, -0.15) is 0 Å². The Morgan fingerprint density at radius 2 is 1.88 bits per heavy atom. The van der Waals surface area contributed by atoms with Gasteiger partial charge in [-0.3, -0.25) is 0 Å². The highest BCUT2D eigenvalue weighted by molar-refractivity contribution is 5.55. The molecular weight excluding hydrogens is 206 g/mol. The zero-order valence-electron chi connectivity index (χ0n) is 10.8. The van der Waals surface area contributed by atoms with Crippen LogP contribution in [0, 0.1) is 0 Å². The highest BCUT2D eigenvalue weighted by atomic mass is 14.9. The zero-order chi connectivity index (χ0) is 11.7. The van der Waals surface area contributed by atoms with Gasteiger partial charge in [-0.15, -0.1) is 0 Å². The number of hydrogen-bond donors (Lipinski definition) is 1. The lowest BCUT2D eigenvalue weighted by atomic mass is 9.82. The van der Waals surface area contributed by atoms with Crippen molar-refractivity contribution < 1.29 is 0 Å². The highest BCUT2D eigenvalue weighted by Gasteiger charge is 2.19. The molecule has 1 unspecified atom stereocenters. The van der Waals surface area contributed by atoms with E-state index in [2.05, 4.69) is 30.4 Å². The molecule has 1 N–H and O–H groups in total. The van der Waals surface area contributed by atoms with E-state index in [0.717, 1.165) is 5.92 Å². The van der Waals surface area contributed by atoms with Crippen LogP contribution in [0.1, 0.15) is 62.5 Å². The van der Waals surface area contributed by atoms with Crippen LogP contribution in [0.4, 0.5) is 5.69 Å². The maximum absolute atomic E-state index is 3.59. The third-order valence-corrected chi connectivity index (χ3v) is 4.45. The molecule has 1 aliphatic heterocycles. The molecule has 0 saturated heterocycles. The fourth-order valence-electron chi connectivity index (χ4n) is 3.36. The van der Waals surface area contributed by atoms with E-state index in [-0.39, 0.29) is 0 Å². The lowest BCUT2D eigenvalue weighted by Crippen LogP contribution is -2.22. The molecular formula is C16H23N. The van der Waals surface area contributed by atoms with Gasteiger partial charge in [-0.25, -0.2) is 0 Å². The highest BCUT2D eigenvalue weighted by Crippen LogP contribution is 2.35. The normalized spacial score (nSPS) is 25.1. The third kappa shape index (κ3) is 2.34. The molecule has 2 aliphatic rings. The molecule has 1 fully saturated rings. The van der Waals surface area contributed by atoms with Gasteiger partial charge in [0.2, 0.25) is 0 Å². The van der Waals surface area contributed by atoms with Crippen LogP contribution in [-0.4, -0.2) is 6.04 Å². The molecule has 0 amide bonds. The van der Waals surface area contributed by atoms with Crippen molar-refractivity contribution >= 4 is 5.69 Å². The summed E-state index contributed by atoms with van der Waals surface area (Å²) in [5.41, 5.74) is 4.52. The van der Waals surface area contributed by atoms with Gasteiger partial charge in [0.25, 0.3) is 0 Å². The molecule has 92 valence electrons. The van der Waals surface area contributed by atoms with Crippen molar-refractivity contribution in [2.24, 2.45) is 0 Å². The summed E-state index contributed by atoms with van der Waals surface area (Å²) in [5, 5.41) is 3.59. The van der Waals surface area contributed by atoms with Crippen molar-refractivity contribution in [3.63, 3.8) is 0 Å². The summed E-state index contributed by atoms with van der Waals surface area (Å²) < 4.78 is 0. The molecule has 3 rings (SSSR count). The molecule has 1 aromatic rings. The zero-order valence-corrected chi connectivity index (χ0v) is 10.8. The fraction of sp³-hybridized carbons (Fsp3) is 0.625. The molecule has 17 heavy (non-hydrogen) atoms. The Bertz CT molecular complexity index is 391. The van der Waals surface area contributed by atoms with Crippen LogP contribution >= 0.6 is 0 Å². The number of anilines is 1. The van der Waals surface area contributed by atoms with E-state index < -0.39 is 0 Å². The molecule has 0 aromatic heterocycles. The molecule has 0 spiro atoms. The van der Waals surface area contributed by atoms with E-state index >= 15 is 0 Å². The van der Waals surface area contributed by atoms with Crippen molar-refractivity contribution in [1.82, 2.24) is 0 Å². The van der Waals surface area contributed by atoms with Crippen LogP contribution < -0.4 is 5.32 Å². The topological polar surface area (TPSA) is 12.0 Å². The maximum Gasteiger partial charge on any atom is 0.0374 e. The minimum atomic E-state index is 0.642. The number of rotatable bonds is 1. The second-order valence-electron chi connectivity index (χ2n) is 5.84. The van der Waals surface area contributed by atoms with E-state index in [0.29, 0.717) is 6.04 Å². The van der Waals surface area contributed by atoms with E-state index in [9.17, 15) is 0 Å². The van der Waals surface area contributed by atoms with Gasteiger partial charge in [0.15, 0.2) is 0 Å². The lowest BCUT2D eigenvalue weighted by Gasteiger charge is -2.27. The average Bonchev–Trinajstić information content (AvgIpc) is 2.39. The van der Waals surface area contributed by atoms with Crippen LogP contribution in [0.15, 0.2) is 18.2 Å². The summed E-state index contributed by atoms with van der Waals surface area (Å²) in [6, 6.07) is 7.79. The summed E-state index contributed by atoms with van der Waals surface area (Å²) in [7, 11) is 0. The monoisotopic (exact) mass is 229 g/mol. The second-order valence-corrected chi connectivity index (χ2v) is 5.84. The molecule has 1 heteroatoms. The molecule has 0 radical (unpaired) electrons. The van der Waals surface area contributed by atoms with Gasteiger partial charge in [0, 0.05) is 11.7 Å². The minimum absolute atomic E-state index is 0.642.